The average Bonchev–Trinajstić information content (AvgIpc) is 2.38. The highest BCUT2D eigenvalue weighted by Crippen LogP contribution is 2.26. The first-order valence-corrected chi connectivity index (χ1v) is 5.59. The quantitative estimate of drug-likeness (QED) is 0.897. The second kappa shape index (κ2) is 4.92. The van der Waals surface area contributed by atoms with Gasteiger partial charge in [-0.15, -0.1) is 0 Å². The van der Waals surface area contributed by atoms with Crippen LogP contribution in [0.4, 0.5) is 0 Å². The summed E-state index contributed by atoms with van der Waals surface area (Å²) in [6.45, 7) is 2.00. The Kier molecular flexibility index (Phi) is 3.33. The van der Waals surface area contributed by atoms with Gasteiger partial charge in [-0.3, -0.25) is 0 Å². The third kappa shape index (κ3) is 2.51. The minimum atomic E-state index is -0.914. The molecular weight excluding hydrogens is 228 g/mol. The number of methoxy groups -OCH3 is 1. The smallest absolute Gasteiger partial charge is 0.335 e. The van der Waals surface area contributed by atoms with Gasteiger partial charge in [0.1, 0.15) is 5.75 Å². The van der Waals surface area contributed by atoms with E-state index in [-0.39, 0.29) is 0 Å². The van der Waals surface area contributed by atoms with Crippen molar-refractivity contribution in [3.63, 3.8) is 0 Å². The summed E-state index contributed by atoms with van der Waals surface area (Å²) >= 11 is 0. The van der Waals surface area contributed by atoms with Gasteiger partial charge in [-0.1, -0.05) is 18.2 Å². The maximum absolute atomic E-state index is 10.8. The number of carboxylic acids is 1. The van der Waals surface area contributed by atoms with Crippen molar-refractivity contribution in [3.8, 4) is 16.9 Å². The highest BCUT2D eigenvalue weighted by Gasteiger charge is 2.05. The fourth-order valence-electron chi connectivity index (χ4n) is 1.84. The molecule has 0 heterocycles. The van der Waals surface area contributed by atoms with Crippen LogP contribution in [0.15, 0.2) is 42.5 Å². The Bertz CT molecular complexity index is 571. The van der Waals surface area contributed by atoms with Gasteiger partial charge in [0.25, 0.3) is 0 Å². The molecule has 0 aromatic heterocycles. The van der Waals surface area contributed by atoms with Gasteiger partial charge < -0.3 is 9.84 Å². The summed E-state index contributed by atoms with van der Waals surface area (Å²) in [5, 5.41) is 8.85. The Hall–Kier alpha value is -2.29. The van der Waals surface area contributed by atoms with Crippen LogP contribution in [0, 0.1) is 6.92 Å². The zero-order valence-electron chi connectivity index (χ0n) is 10.3. The molecule has 0 bridgehead atoms. The van der Waals surface area contributed by atoms with Crippen molar-refractivity contribution in [2.75, 3.05) is 7.11 Å². The lowest BCUT2D eigenvalue weighted by atomic mass is 10.0. The average molecular weight is 242 g/mol. The van der Waals surface area contributed by atoms with E-state index >= 15 is 0 Å². The predicted molar refractivity (Wildman–Crippen MR) is 70.1 cm³/mol. The van der Waals surface area contributed by atoms with Gasteiger partial charge in [0.05, 0.1) is 12.7 Å². The van der Waals surface area contributed by atoms with Crippen molar-refractivity contribution in [2.45, 2.75) is 6.92 Å². The lowest BCUT2D eigenvalue weighted by molar-refractivity contribution is 0.0697. The van der Waals surface area contributed by atoms with E-state index in [2.05, 4.69) is 0 Å². The first-order valence-electron chi connectivity index (χ1n) is 5.59. The highest BCUT2D eigenvalue weighted by molar-refractivity contribution is 5.88. The molecule has 0 saturated heterocycles. The monoisotopic (exact) mass is 242 g/mol. The maximum Gasteiger partial charge on any atom is 0.335 e. The largest absolute Gasteiger partial charge is 0.497 e. The normalized spacial score (nSPS) is 10.1. The van der Waals surface area contributed by atoms with E-state index in [0.717, 1.165) is 22.4 Å². The molecular formula is C15H14O3. The summed E-state index contributed by atoms with van der Waals surface area (Å²) in [4.78, 5) is 10.8. The van der Waals surface area contributed by atoms with Crippen molar-refractivity contribution in [2.24, 2.45) is 0 Å². The topological polar surface area (TPSA) is 46.5 Å². The lowest BCUT2D eigenvalue weighted by Gasteiger charge is -2.07. The van der Waals surface area contributed by atoms with Crippen molar-refractivity contribution < 1.29 is 14.6 Å². The van der Waals surface area contributed by atoms with Crippen LogP contribution >= 0.6 is 0 Å². The molecule has 0 spiro atoms. The number of aromatic carboxylic acids is 1. The number of ether oxygens (including phenoxy) is 1. The SMILES string of the molecule is COc1cc(C)cc(-c2ccc(C(=O)O)cc2)c1. The van der Waals surface area contributed by atoms with Crippen molar-refractivity contribution in [1.29, 1.82) is 0 Å². The van der Waals surface area contributed by atoms with E-state index in [1.54, 1.807) is 31.4 Å². The third-order valence-electron chi connectivity index (χ3n) is 2.75. The number of aryl methyl sites for hydroxylation is 1. The van der Waals surface area contributed by atoms with Gasteiger partial charge in [0.2, 0.25) is 0 Å². The zero-order valence-corrected chi connectivity index (χ0v) is 10.3. The highest BCUT2D eigenvalue weighted by atomic mass is 16.5. The molecule has 2 aromatic rings. The van der Waals surface area contributed by atoms with Crippen LogP contribution < -0.4 is 4.74 Å². The van der Waals surface area contributed by atoms with Gasteiger partial charge in [0, 0.05) is 0 Å². The zero-order chi connectivity index (χ0) is 13.1. The Morgan fingerprint density at radius 3 is 2.28 bits per heavy atom. The van der Waals surface area contributed by atoms with Crippen LogP contribution in [0.1, 0.15) is 15.9 Å². The summed E-state index contributed by atoms with van der Waals surface area (Å²) in [6.07, 6.45) is 0. The van der Waals surface area contributed by atoms with Gasteiger partial charge >= 0.3 is 5.97 Å². The van der Waals surface area contributed by atoms with E-state index < -0.39 is 5.97 Å². The molecule has 0 amide bonds. The Labute approximate surface area is 106 Å². The van der Waals surface area contributed by atoms with Gasteiger partial charge in [-0.2, -0.15) is 0 Å². The first kappa shape index (κ1) is 12.2. The first-order chi connectivity index (χ1) is 8.60. The Balaban J connectivity index is 2.42. The molecule has 0 saturated carbocycles. The molecule has 2 rings (SSSR count). The molecule has 3 heteroatoms. The van der Waals surface area contributed by atoms with E-state index in [4.69, 9.17) is 9.84 Å². The van der Waals surface area contributed by atoms with E-state index in [1.165, 1.54) is 0 Å². The van der Waals surface area contributed by atoms with E-state index in [0.29, 0.717) is 5.56 Å². The van der Waals surface area contributed by atoms with E-state index in [9.17, 15) is 4.79 Å². The van der Waals surface area contributed by atoms with Gasteiger partial charge in [0.15, 0.2) is 0 Å². The molecule has 1 N–H and O–H groups in total. The molecule has 0 radical (unpaired) electrons. The number of hydrogen-bond donors (Lipinski definition) is 1. The Morgan fingerprint density at radius 2 is 1.72 bits per heavy atom. The van der Waals surface area contributed by atoms with Crippen molar-refractivity contribution >= 4 is 5.97 Å². The summed E-state index contributed by atoms with van der Waals surface area (Å²) in [7, 11) is 1.63. The summed E-state index contributed by atoms with van der Waals surface area (Å²) in [5.41, 5.74) is 3.39. The number of carboxylic acid groups (broad SMARTS) is 1. The van der Waals surface area contributed by atoms with E-state index in [1.807, 2.05) is 25.1 Å². The molecule has 92 valence electrons. The fraction of sp³-hybridized carbons (Fsp3) is 0.133. The summed E-state index contributed by atoms with van der Waals surface area (Å²) in [6, 6.07) is 12.7. The third-order valence-corrected chi connectivity index (χ3v) is 2.75. The van der Waals surface area contributed by atoms with Crippen molar-refractivity contribution in [3.05, 3.63) is 53.6 Å². The van der Waals surface area contributed by atoms with Crippen LogP contribution in [-0.2, 0) is 0 Å². The molecule has 2 aromatic carbocycles. The molecule has 0 aliphatic rings. The Morgan fingerprint density at radius 1 is 1.06 bits per heavy atom. The maximum atomic E-state index is 10.8. The van der Waals surface area contributed by atoms with Gasteiger partial charge in [-0.25, -0.2) is 4.79 Å². The second-order valence-electron chi connectivity index (χ2n) is 4.12. The van der Waals surface area contributed by atoms with Crippen LogP contribution in [0.3, 0.4) is 0 Å². The van der Waals surface area contributed by atoms with Crippen LogP contribution in [0.5, 0.6) is 5.75 Å². The summed E-state index contributed by atoms with van der Waals surface area (Å²) in [5.74, 6) is -0.115. The minimum Gasteiger partial charge on any atom is -0.497 e. The molecule has 3 nitrogen and oxygen atoms in total. The standard InChI is InChI=1S/C15H14O3/c1-10-7-13(9-14(8-10)18-2)11-3-5-12(6-4-11)15(16)17/h3-9H,1-2H3,(H,16,17). The molecule has 0 fully saturated rings. The number of benzene rings is 2. The van der Waals surface area contributed by atoms with Gasteiger partial charge in [-0.05, 0) is 47.9 Å². The van der Waals surface area contributed by atoms with Crippen LogP contribution in [-0.4, -0.2) is 18.2 Å². The molecule has 0 unspecified atom stereocenters. The summed E-state index contributed by atoms with van der Waals surface area (Å²) < 4.78 is 5.23. The molecule has 18 heavy (non-hydrogen) atoms. The molecule has 0 atom stereocenters. The van der Waals surface area contributed by atoms with Crippen molar-refractivity contribution in [1.82, 2.24) is 0 Å². The second-order valence-corrected chi connectivity index (χ2v) is 4.12. The van der Waals surface area contributed by atoms with Crippen LogP contribution in [0.2, 0.25) is 0 Å². The van der Waals surface area contributed by atoms with Crippen LogP contribution in [0.25, 0.3) is 11.1 Å². The minimum absolute atomic E-state index is 0.290. The molecule has 0 aliphatic heterocycles. The fourth-order valence-corrected chi connectivity index (χ4v) is 1.84. The lowest BCUT2D eigenvalue weighted by Crippen LogP contribution is -1.95. The number of rotatable bonds is 3. The molecule has 0 aliphatic carbocycles. The predicted octanol–water partition coefficient (Wildman–Crippen LogP) is 3.37. The number of carbonyl (C=O) groups is 1. The number of hydrogen-bond acceptors (Lipinski definition) is 2.